The highest BCUT2D eigenvalue weighted by Gasteiger charge is 2.39. The fourth-order valence-electron chi connectivity index (χ4n) is 3.35. The topological polar surface area (TPSA) is 93.3 Å². The lowest BCUT2D eigenvalue weighted by Gasteiger charge is -2.08. The van der Waals surface area contributed by atoms with E-state index < -0.39 is 23.5 Å². The number of aliphatic carboxylic acids is 1. The predicted octanol–water partition coefficient (Wildman–Crippen LogP) is 4.37. The van der Waals surface area contributed by atoms with E-state index in [-0.39, 0.29) is 46.2 Å². The second kappa shape index (κ2) is 6.84. The summed E-state index contributed by atoms with van der Waals surface area (Å²) >= 11 is 0.789. The predicted molar refractivity (Wildman–Crippen MR) is 91.8 cm³/mol. The molecule has 0 radical (unpaired) electrons. The number of alkyl halides is 3. The summed E-state index contributed by atoms with van der Waals surface area (Å²) in [5.41, 5.74) is -0.969. The van der Waals surface area contributed by atoms with Crippen molar-refractivity contribution in [1.82, 2.24) is 10.1 Å². The molecular weight excluding hydrogens is 397 g/mol. The molecule has 2 aromatic rings. The van der Waals surface area contributed by atoms with Crippen LogP contribution in [0.4, 0.5) is 13.2 Å². The van der Waals surface area contributed by atoms with Crippen LogP contribution >= 0.6 is 11.3 Å². The number of thiophene rings is 1. The Labute approximate surface area is 161 Å². The van der Waals surface area contributed by atoms with E-state index in [2.05, 4.69) is 10.1 Å². The molecule has 10 heteroatoms. The van der Waals surface area contributed by atoms with Crippen molar-refractivity contribution in [3.8, 4) is 11.5 Å². The molecule has 2 aromatic heterocycles. The molecule has 4 rings (SSSR count). The van der Waals surface area contributed by atoms with Crippen LogP contribution in [-0.4, -0.2) is 27.0 Å². The number of carboxylic acid groups (broad SMARTS) is 1. The number of nitrogens with zero attached hydrogens (tertiary/aromatic N) is 2. The third-order valence-electron chi connectivity index (χ3n) is 4.90. The van der Waals surface area contributed by atoms with E-state index in [4.69, 9.17) is 4.52 Å². The molecule has 6 nitrogen and oxygen atoms in total. The lowest BCUT2D eigenvalue weighted by atomic mass is 10.0. The number of hydrogen-bond acceptors (Lipinski definition) is 6. The maximum Gasteiger partial charge on any atom is 0.417 e. The molecule has 28 heavy (non-hydrogen) atoms. The van der Waals surface area contributed by atoms with Gasteiger partial charge in [0.15, 0.2) is 11.6 Å². The van der Waals surface area contributed by atoms with Crippen LogP contribution in [0.5, 0.6) is 0 Å². The fourth-order valence-corrected chi connectivity index (χ4v) is 4.40. The number of halogens is 3. The third-order valence-corrected chi connectivity index (χ3v) is 5.89. The lowest BCUT2D eigenvalue weighted by molar-refractivity contribution is -0.137. The number of carbonyl (C=O) groups excluding carboxylic acids is 1. The standard InChI is InChI=1S/C18H15F3N2O4S/c19-18(20,21)11-7-28-13(6-12(24)9-2-1-3-10(9)17(25)26)14(11)16-22-15(23-27-16)8-4-5-8/h7-8H,1-6H2,(H,25,26). The summed E-state index contributed by atoms with van der Waals surface area (Å²) in [6.45, 7) is 0. The number of allylic oxidation sites excluding steroid dienone is 1. The van der Waals surface area contributed by atoms with E-state index in [1.807, 2.05) is 0 Å². The van der Waals surface area contributed by atoms with E-state index in [9.17, 15) is 27.9 Å². The van der Waals surface area contributed by atoms with Gasteiger partial charge in [0.1, 0.15) is 0 Å². The van der Waals surface area contributed by atoms with Crippen molar-refractivity contribution in [3.05, 3.63) is 32.8 Å². The maximum absolute atomic E-state index is 13.5. The van der Waals surface area contributed by atoms with Gasteiger partial charge in [-0.3, -0.25) is 4.79 Å². The van der Waals surface area contributed by atoms with Crippen LogP contribution in [0.15, 0.2) is 21.0 Å². The Balaban J connectivity index is 1.71. The van der Waals surface area contributed by atoms with Gasteiger partial charge in [-0.05, 0) is 32.1 Å². The molecule has 0 aromatic carbocycles. The molecule has 1 N–H and O–H groups in total. The highest BCUT2D eigenvalue weighted by atomic mass is 32.1. The number of Topliss-reactive ketones (excluding diaryl/α,β-unsaturated/α-hetero) is 1. The Morgan fingerprint density at radius 2 is 1.96 bits per heavy atom. The second-order valence-electron chi connectivity index (χ2n) is 6.89. The fraction of sp³-hybridized carbons (Fsp3) is 0.444. The SMILES string of the molecule is O=C(O)C1=C(C(=O)Cc2scc(C(F)(F)F)c2-c2nc(C3CC3)no2)CCC1. The summed E-state index contributed by atoms with van der Waals surface area (Å²) in [4.78, 5) is 28.2. The van der Waals surface area contributed by atoms with Crippen molar-refractivity contribution >= 4 is 23.1 Å². The van der Waals surface area contributed by atoms with Gasteiger partial charge >= 0.3 is 12.1 Å². The van der Waals surface area contributed by atoms with E-state index in [1.165, 1.54) is 0 Å². The van der Waals surface area contributed by atoms with Gasteiger partial charge in [0.05, 0.1) is 11.1 Å². The van der Waals surface area contributed by atoms with Gasteiger partial charge in [0.2, 0.25) is 0 Å². The molecule has 0 spiro atoms. The number of aromatic nitrogens is 2. The minimum Gasteiger partial charge on any atom is -0.478 e. The maximum atomic E-state index is 13.5. The molecule has 0 amide bonds. The monoisotopic (exact) mass is 412 g/mol. The van der Waals surface area contributed by atoms with Gasteiger partial charge in [-0.1, -0.05) is 5.16 Å². The summed E-state index contributed by atoms with van der Waals surface area (Å²) in [6, 6.07) is 0. The summed E-state index contributed by atoms with van der Waals surface area (Å²) in [5.74, 6) is -1.41. The van der Waals surface area contributed by atoms with Crippen molar-refractivity contribution in [1.29, 1.82) is 0 Å². The smallest absolute Gasteiger partial charge is 0.417 e. The van der Waals surface area contributed by atoms with Crippen LogP contribution in [0, 0.1) is 0 Å². The first-order chi connectivity index (χ1) is 13.3. The molecular formula is C18H15F3N2O4S. The van der Waals surface area contributed by atoms with Crippen molar-refractivity contribution < 1.29 is 32.4 Å². The molecule has 0 unspecified atom stereocenters. The van der Waals surface area contributed by atoms with E-state index in [0.29, 0.717) is 18.7 Å². The number of carbonyl (C=O) groups is 2. The highest BCUT2D eigenvalue weighted by molar-refractivity contribution is 7.10. The molecule has 0 atom stereocenters. The van der Waals surface area contributed by atoms with Crippen LogP contribution in [-0.2, 0) is 22.2 Å². The molecule has 2 heterocycles. The third kappa shape index (κ3) is 3.48. The van der Waals surface area contributed by atoms with E-state index >= 15 is 0 Å². The largest absolute Gasteiger partial charge is 0.478 e. The first-order valence-corrected chi connectivity index (χ1v) is 9.63. The Morgan fingerprint density at radius 1 is 1.25 bits per heavy atom. The van der Waals surface area contributed by atoms with Gasteiger partial charge in [-0.15, -0.1) is 11.3 Å². The van der Waals surface area contributed by atoms with Crippen LogP contribution in [0.25, 0.3) is 11.5 Å². The number of carboxylic acids is 1. The molecule has 2 aliphatic rings. The quantitative estimate of drug-likeness (QED) is 0.757. The Kier molecular flexibility index (Phi) is 4.60. The summed E-state index contributed by atoms with van der Waals surface area (Å²) in [5, 5.41) is 13.9. The molecule has 148 valence electrons. The van der Waals surface area contributed by atoms with Gasteiger partial charge in [-0.2, -0.15) is 18.2 Å². The summed E-state index contributed by atoms with van der Waals surface area (Å²) < 4.78 is 45.5. The first kappa shape index (κ1) is 18.9. The van der Waals surface area contributed by atoms with Crippen LogP contribution in [0.2, 0.25) is 0 Å². The van der Waals surface area contributed by atoms with Gasteiger partial charge in [0, 0.05) is 33.7 Å². The van der Waals surface area contributed by atoms with Crippen LogP contribution in [0.1, 0.15) is 54.3 Å². The number of ketones is 1. The Morgan fingerprint density at radius 3 is 2.61 bits per heavy atom. The highest BCUT2D eigenvalue weighted by Crippen LogP contribution is 2.44. The van der Waals surface area contributed by atoms with E-state index in [1.54, 1.807) is 0 Å². The van der Waals surface area contributed by atoms with Crippen molar-refractivity contribution in [2.75, 3.05) is 0 Å². The zero-order valence-electron chi connectivity index (χ0n) is 14.5. The molecule has 0 aliphatic heterocycles. The average Bonchev–Trinajstić information content (AvgIpc) is 3.03. The number of rotatable bonds is 6. The zero-order chi connectivity index (χ0) is 20.1. The second-order valence-corrected chi connectivity index (χ2v) is 7.86. The molecule has 1 fully saturated rings. The van der Waals surface area contributed by atoms with Crippen LogP contribution in [0.3, 0.4) is 0 Å². The normalized spacial score (nSPS) is 17.4. The van der Waals surface area contributed by atoms with Crippen molar-refractivity contribution in [2.24, 2.45) is 0 Å². The minimum atomic E-state index is -4.64. The van der Waals surface area contributed by atoms with Gasteiger partial charge < -0.3 is 9.63 Å². The van der Waals surface area contributed by atoms with Gasteiger partial charge in [-0.25, -0.2) is 4.79 Å². The number of hydrogen-bond donors (Lipinski definition) is 1. The zero-order valence-corrected chi connectivity index (χ0v) is 15.3. The summed E-state index contributed by atoms with van der Waals surface area (Å²) in [6.07, 6.45) is -2.08. The Bertz CT molecular complexity index is 985. The Hall–Kier alpha value is -2.49. The summed E-state index contributed by atoms with van der Waals surface area (Å²) in [7, 11) is 0. The van der Waals surface area contributed by atoms with E-state index in [0.717, 1.165) is 29.6 Å². The van der Waals surface area contributed by atoms with Gasteiger partial charge in [0.25, 0.3) is 5.89 Å². The minimum absolute atomic E-state index is 0.0490. The first-order valence-electron chi connectivity index (χ1n) is 8.75. The van der Waals surface area contributed by atoms with Crippen molar-refractivity contribution in [2.45, 2.75) is 50.6 Å². The molecule has 0 saturated heterocycles. The van der Waals surface area contributed by atoms with Crippen LogP contribution < -0.4 is 0 Å². The van der Waals surface area contributed by atoms with Crippen molar-refractivity contribution in [3.63, 3.8) is 0 Å². The molecule has 1 saturated carbocycles. The lowest BCUT2D eigenvalue weighted by Crippen LogP contribution is -2.11. The average molecular weight is 412 g/mol. The molecule has 0 bridgehead atoms. The molecule has 2 aliphatic carbocycles.